The van der Waals surface area contributed by atoms with Gasteiger partial charge >= 0.3 is 0 Å². The smallest absolute Gasteiger partial charge is 0.258 e. The summed E-state index contributed by atoms with van der Waals surface area (Å²) in [5.74, 6) is 1.74. The summed E-state index contributed by atoms with van der Waals surface area (Å²) in [5.41, 5.74) is 0.948. The Balaban J connectivity index is 1.69. The molecule has 0 aromatic carbocycles. The molecule has 0 fully saturated rings. The van der Waals surface area contributed by atoms with Crippen LogP contribution in [0.5, 0.6) is 0 Å². The second-order valence-electron chi connectivity index (χ2n) is 3.40. The van der Waals surface area contributed by atoms with Crippen LogP contribution >= 0.6 is 23.1 Å². The second-order valence-corrected chi connectivity index (χ2v) is 5.12. The van der Waals surface area contributed by atoms with Crippen LogP contribution in [0.2, 0.25) is 0 Å². The maximum Gasteiger partial charge on any atom is 0.258 e. The molecule has 0 spiro atoms. The SMILES string of the molecule is Cn1nnnc1SCc1noc(-c2ccsc2)n1. The van der Waals surface area contributed by atoms with Gasteiger partial charge in [-0.25, -0.2) is 4.68 Å². The van der Waals surface area contributed by atoms with E-state index in [0.717, 1.165) is 10.7 Å². The van der Waals surface area contributed by atoms with Gasteiger partial charge in [0.15, 0.2) is 5.82 Å². The molecule has 0 aliphatic rings. The molecule has 0 amide bonds. The van der Waals surface area contributed by atoms with Crippen LogP contribution in [-0.2, 0) is 12.8 Å². The molecular weight excluding hydrogens is 272 g/mol. The van der Waals surface area contributed by atoms with Crippen LogP contribution in [-0.4, -0.2) is 30.3 Å². The number of nitrogens with zero attached hydrogens (tertiary/aromatic N) is 6. The van der Waals surface area contributed by atoms with Crippen molar-refractivity contribution in [3.8, 4) is 11.5 Å². The average Bonchev–Trinajstić information content (AvgIpc) is 3.08. The lowest BCUT2D eigenvalue weighted by Gasteiger charge is -1.93. The zero-order valence-electron chi connectivity index (χ0n) is 9.35. The molecule has 0 unspecified atom stereocenters. The summed E-state index contributed by atoms with van der Waals surface area (Å²) in [7, 11) is 1.79. The Labute approximate surface area is 110 Å². The van der Waals surface area contributed by atoms with Crippen LogP contribution in [0.25, 0.3) is 11.5 Å². The van der Waals surface area contributed by atoms with Gasteiger partial charge in [-0.3, -0.25) is 0 Å². The number of tetrazole rings is 1. The van der Waals surface area contributed by atoms with Gasteiger partial charge in [0.2, 0.25) is 5.16 Å². The highest BCUT2D eigenvalue weighted by Gasteiger charge is 2.11. The molecular formula is C9H8N6OS2. The molecule has 3 rings (SSSR count). The summed E-state index contributed by atoms with van der Waals surface area (Å²) >= 11 is 3.06. The fourth-order valence-electron chi connectivity index (χ4n) is 1.29. The summed E-state index contributed by atoms with van der Waals surface area (Å²) in [6, 6.07) is 1.95. The molecule has 0 atom stereocenters. The van der Waals surface area contributed by atoms with Gasteiger partial charge in [0.25, 0.3) is 5.89 Å². The molecule has 0 radical (unpaired) electrons. The maximum absolute atomic E-state index is 5.18. The lowest BCUT2D eigenvalue weighted by molar-refractivity contribution is 0.425. The van der Waals surface area contributed by atoms with Crippen LogP contribution in [0.3, 0.4) is 0 Å². The predicted molar refractivity (Wildman–Crippen MR) is 66.0 cm³/mol. The maximum atomic E-state index is 5.18. The third-order valence-electron chi connectivity index (χ3n) is 2.15. The van der Waals surface area contributed by atoms with E-state index in [9.17, 15) is 0 Å². The normalized spacial score (nSPS) is 10.9. The second kappa shape index (κ2) is 4.86. The lowest BCUT2D eigenvalue weighted by Crippen LogP contribution is -1.94. The van der Waals surface area contributed by atoms with Crippen molar-refractivity contribution in [3.63, 3.8) is 0 Å². The van der Waals surface area contributed by atoms with E-state index >= 15 is 0 Å². The van der Waals surface area contributed by atoms with Crippen molar-refractivity contribution in [2.75, 3.05) is 0 Å². The summed E-state index contributed by atoms with van der Waals surface area (Å²) in [6.07, 6.45) is 0. The largest absolute Gasteiger partial charge is 0.334 e. The number of rotatable bonds is 4. The molecule has 18 heavy (non-hydrogen) atoms. The Bertz CT molecular complexity index is 631. The van der Waals surface area contributed by atoms with Gasteiger partial charge in [-0.15, -0.1) is 5.10 Å². The van der Waals surface area contributed by atoms with Gasteiger partial charge in [0.05, 0.1) is 11.3 Å². The third-order valence-corrected chi connectivity index (χ3v) is 3.84. The number of hydrogen-bond acceptors (Lipinski definition) is 8. The van der Waals surface area contributed by atoms with Crippen molar-refractivity contribution in [3.05, 3.63) is 22.7 Å². The minimum Gasteiger partial charge on any atom is -0.334 e. The van der Waals surface area contributed by atoms with Crippen LogP contribution in [0.4, 0.5) is 0 Å². The Hall–Kier alpha value is -1.74. The molecule has 3 aromatic heterocycles. The van der Waals surface area contributed by atoms with Gasteiger partial charge < -0.3 is 4.52 Å². The first kappa shape index (κ1) is 11.4. The van der Waals surface area contributed by atoms with Crippen molar-refractivity contribution >= 4 is 23.1 Å². The van der Waals surface area contributed by atoms with E-state index in [1.165, 1.54) is 11.8 Å². The Morgan fingerprint density at radius 2 is 2.44 bits per heavy atom. The van der Waals surface area contributed by atoms with E-state index in [-0.39, 0.29) is 0 Å². The zero-order chi connectivity index (χ0) is 12.4. The van der Waals surface area contributed by atoms with Crippen LogP contribution in [0, 0.1) is 0 Å². The van der Waals surface area contributed by atoms with Crippen LogP contribution in [0.1, 0.15) is 5.82 Å². The van der Waals surface area contributed by atoms with E-state index < -0.39 is 0 Å². The number of hydrogen-bond donors (Lipinski definition) is 0. The molecule has 0 saturated carbocycles. The fourth-order valence-corrected chi connectivity index (χ4v) is 2.61. The van der Waals surface area contributed by atoms with Crippen molar-refractivity contribution in [1.29, 1.82) is 0 Å². The van der Waals surface area contributed by atoms with E-state index in [2.05, 4.69) is 25.7 Å². The Morgan fingerprint density at radius 3 is 3.17 bits per heavy atom. The van der Waals surface area contributed by atoms with E-state index in [1.807, 2.05) is 16.8 Å². The van der Waals surface area contributed by atoms with E-state index in [1.54, 1.807) is 23.1 Å². The Kier molecular flexibility index (Phi) is 3.07. The first-order valence-electron chi connectivity index (χ1n) is 5.03. The third kappa shape index (κ3) is 2.27. The van der Waals surface area contributed by atoms with Crippen molar-refractivity contribution in [2.24, 2.45) is 7.05 Å². The van der Waals surface area contributed by atoms with E-state index in [0.29, 0.717) is 17.5 Å². The molecule has 0 saturated heterocycles. The molecule has 0 bridgehead atoms. The highest BCUT2D eigenvalue weighted by atomic mass is 32.2. The summed E-state index contributed by atoms with van der Waals surface area (Å²) in [4.78, 5) is 4.31. The van der Waals surface area contributed by atoms with Crippen molar-refractivity contribution < 1.29 is 4.52 Å². The molecule has 0 aliphatic heterocycles. The molecule has 7 nitrogen and oxygen atoms in total. The first-order chi connectivity index (χ1) is 8.83. The summed E-state index contributed by atoms with van der Waals surface area (Å²) in [6.45, 7) is 0. The highest BCUT2D eigenvalue weighted by Crippen LogP contribution is 2.22. The topological polar surface area (TPSA) is 82.5 Å². The number of thioether (sulfide) groups is 1. The number of aromatic nitrogens is 6. The summed E-state index contributed by atoms with van der Waals surface area (Å²) in [5, 5.41) is 19.8. The van der Waals surface area contributed by atoms with Gasteiger partial charge in [-0.05, 0) is 21.9 Å². The monoisotopic (exact) mass is 280 g/mol. The zero-order valence-corrected chi connectivity index (χ0v) is 11.0. The minimum absolute atomic E-state index is 0.544. The molecule has 9 heteroatoms. The van der Waals surface area contributed by atoms with Crippen molar-refractivity contribution in [1.82, 2.24) is 30.3 Å². The van der Waals surface area contributed by atoms with Crippen LogP contribution < -0.4 is 0 Å². The first-order valence-corrected chi connectivity index (χ1v) is 6.96. The standard InChI is InChI=1S/C9H8N6OS2/c1-15-9(11-13-14-15)18-5-7-10-8(16-12-7)6-2-3-17-4-6/h2-4H,5H2,1H3. The summed E-state index contributed by atoms with van der Waals surface area (Å²) < 4.78 is 6.78. The van der Waals surface area contributed by atoms with Crippen LogP contribution in [0.15, 0.2) is 26.5 Å². The molecule has 92 valence electrons. The average molecular weight is 280 g/mol. The fraction of sp³-hybridized carbons (Fsp3) is 0.222. The van der Waals surface area contributed by atoms with Crippen molar-refractivity contribution in [2.45, 2.75) is 10.9 Å². The molecule has 0 aliphatic carbocycles. The van der Waals surface area contributed by atoms with Gasteiger partial charge in [0.1, 0.15) is 0 Å². The number of aryl methyl sites for hydroxylation is 1. The number of thiophene rings is 1. The predicted octanol–water partition coefficient (Wildman–Crippen LogP) is 1.61. The molecule has 3 aromatic rings. The minimum atomic E-state index is 0.544. The van der Waals surface area contributed by atoms with Gasteiger partial charge in [0, 0.05) is 12.4 Å². The quantitative estimate of drug-likeness (QED) is 0.671. The Morgan fingerprint density at radius 1 is 1.50 bits per heavy atom. The van der Waals surface area contributed by atoms with Gasteiger partial charge in [-0.2, -0.15) is 16.3 Å². The molecule has 3 heterocycles. The van der Waals surface area contributed by atoms with E-state index in [4.69, 9.17) is 4.52 Å². The van der Waals surface area contributed by atoms with Gasteiger partial charge in [-0.1, -0.05) is 16.9 Å². The highest BCUT2D eigenvalue weighted by molar-refractivity contribution is 7.98. The molecule has 0 N–H and O–H groups in total. The lowest BCUT2D eigenvalue weighted by atomic mass is 10.3.